The van der Waals surface area contributed by atoms with E-state index in [0.29, 0.717) is 23.3 Å². The average molecular weight is 500 g/mol. The van der Waals surface area contributed by atoms with Crippen LogP contribution in [-0.4, -0.2) is 44.3 Å². The van der Waals surface area contributed by atoms with Gasteiger partial charge in [-0.05, 0) is 66.9 Å². The van der Waals surface area contributed by atoms with E-state index in [2.05, 4.69) is 0 Å². The summed E-state index contributed by atoms with van der Waals surface area (Å²) < 4.78 is 12.8. The first kappa shape index (κ1) is 22.6. The molecule has 0 N–H and O–H groups in total. The zero-order valence-electron chi connectivity index (χ0n) is 19.8. The number of ether oxygens (including phenoxy) is 1. The molecule has 2 aliphatic rings. The molecule has 1 atom stereocenters. The fourth-order valence-electron chi connectivity index (χ4n) is 4.32. The number of hydrogen-bond donors (Lipinski definition) is 0. The lowest BCUT2D eigenvalue weighted by atomic mass is 10.0. The van der Waals surface area contributed by atoms with Crippen LogP contribution in [0.3, 0.4) is 0 Å². The lowest BCUT2D eigenvalue weighted by molar-refractivity contribution is -0.130. The van der Waals surface area contributed by atoms with Crippen LogP contribution >= 0.6 is 11.8 Å². The zero-order valence-corrected chi connectivity index (χ0v) is 20.6. The van der Waals surface area contributed by atoms with E-state index in [-0.39, 0.29) is 17.7 Å². The Labute approximate surface area is 213 Å². The Balaban J connectivity index is 1.22. The van der Waals surface area contributed by atoms with Crippen LogP contribution in [0.1, 0.15) is 48.4 Å². The summed E-state index contributed by atoms with van der Waals surface area (Å²) >= 11 is 1.34. The van der Waals surface area contributed by atoms with Crippen LogP contribution in [0, 0.1) is 0 Å². The fraction of sp³-hybridized carbons (Fsp3) is 0.259. The van der Waals surface area contributed by atoms with E-state index in [9.17, 15) is 4.79 Å². The normalized spacial score (nSPS) is 17.3. The maximum Gasteiger partial charge on any atom is 0.253 e. The van der Waals surface area contributed by atoms with Crippen molar-refractivity contribution in [2.75, 3.05) is 12.9 Å². The minimum Gasteiger partial charge on any atom is -0.497 e. The van der Waals surface area contributed by atoms with Gasteiger partial charge in [-0.1, -0.05) is 30.0 Å². The molecule has 0 saturated heterocycles. The van der Waals surface area contributed by atoms with Crippen molar-refractivity contribution in [2.45, 2.75) is 36.4 Å². The van der Waals surface area contributed by atoms with Crippen LogP contribution in [0.25, 0.3) is 5.69 Å². The Morgan fingerprint density at radius 1 is 1.08 bits per heavy atom. The Kier molecular flexibility index (Phi) is 6.06. The van der Waals surface area contributed by atoms with E-state index in [0.717, 1.165) is 41.4 Å². The Morgan fingerprint density at radius 2 is 1.89 bits per heavy atom. The molecular formula is C27H25N5O3S. The standard InChI is InChI=1S/C27H25N5O3S/c1-34-21-13-11-18(12-14-21)22-16-23(24-8-5-15-35-24)32(29-22)25(33)17-36-27-28-26(19-9-10-19)31(30-27)20-6-3-2-4-7-20/h2-8,11-15,19,23H,9-10,16-17H2,1H3/t23-/m0/s1. The predicted molar refractivity (Wildman–Crippen MR) is 137 cm³/mol. The smallest absolute Gasteiger partial charge is 0.253 e. The molecule has 9 heteroatoms. The topological polar surface area (TPSA) is 85.8 Å². The number of para-hydroxylation sites is 1. The van der Waals surface area contributed by atoms with Gasteiger partial charge in [0, 0.05) is 12.3 Å². The Bertz CT molecular complexity index is 1380. The molecule has 8 nitrogen and oxygen atoms in total. The molecule has 0 radical (unpaired) electrons. The summed E-state index contributed by atoms with van der Waals surface area (Å²) in [6.07, 6.45) is 4.44. The first-order chi connectivity index (χ1) is 17.7. The quantitative estimate of drug-likeness (QED) is 0.309. The minimum atomic E-state index is -0.290. The highest BCUT2D eigenvalue weighted by Crippen LogP contribution is 2.40. The summed E-state index contributed by atoms with van der Waals surface area (Å²) in [5.41, 5.74) is 2.77. The number of aromatic nitrogens is 3. The van der Waals surface area contributed by atoms with Crippen LogP contribution in [0.4, 0.5) is 0 Å². The monoisotopic (exact) mass is 499 g/mol. The van der Waals surface area contributed by atoms with Gasteiger partial charge in [0.05, 0.1) is 30.5 Å². The van der Waals surface area contributed by atoms with Gasteiger partial charge in [0.15, 0.2) is 0 Å². The van der Waals surface area contributed by atoms with Crippen molar-refractivity contribution in [3.63, 3.8) is 0 Å². The average Bonchev–Trinajstić information content (AvgIpc) is 3.30. The van der Waals surface area contributed by atoms with Gasteiger partial charge in [0.1, 0.15) is 23.4 Å². The van der Waals surface area contributed by atoms with E-state index in [1.54, 1.807) is 18.4 Å². The molecule has 0 bridgehead atoms. The number of nitrogens with zero attached hydrogens (tertiary/aromatic N) is 5. The molecule has 4 aromatic rings. The van der Waals surface area contributed by atoms with Crippen LogP contribution in [0.2, 0.25) is 0 Å². The van der Waals surface area contributed by atoms with Crippen molar-refractivity contribution in [1.82, 2.24) is 19.8 Å². The van der Waals surface area contributed by atoms with Crippen LogP contribution in [0.15, 0.2) is 87.7 Å². The maximum absolute atomic E-state index is 13.4. The SMILES string of the molecule is COc1ccc(C2=NN(C(=O)CSc3nc(C4CC4)n(-c4ccccc4)n3)[C@H](c3ccco3)C2)cc1. The summed E-state index contributed by atoms with van der Waals surface area (Å²) in [7, 11) is 1.64. The van der Waals surface area contributed by atoms with Gasteiger partial charge < -0.3 is 9.15 Å². The third-order valence-corrected chi connectivity index (χ3v) is 7.16. The Hall–Kier alpha value is -3.85. The lowest BCUT2D eigenvalue weighted by Crippen LogP contribution is -2.28. The molecular weight excluding hydrogens is 474 g/mol. The molecule has 0 spiro atoms. The molecule has 182 valence electrons. The third-order valence-electron chi connectivity index (χ3n) is 6.34. The summed E-state index contributed by atoms with van der Waals surface area (Å²) in [4.78, 5) is 18.2. The third kappa shape index (κ3) is 4.54. The van der Waals surface area contributed by atoms with Crippen molar-refractivity contribution >= 4 is 23.4 Å². The molecule has 3 heterocycles. The maximum atomic E-state index is 13.4. The highest BCUT2D eigenvalue weighted by atomic mass is 32.2. The molecule has 0 unspecified atom stereocenters. The van der Waals surface area contributed by atoms with Gasteiger partial charge in [-0.3, -0.25) is 4.79 Å². The van der Waals surface area contributed by atoms with Crippen LogP contribution < -0.4 is 4.74 Å². The molecule has 6 rings (SSSR count). The number of rotatable bonds is 8. The summed E-state index contributed by atoms with van der Waals surface area (Å²) in [5, 5.41) is 11.6. The predicted octanol–water partition coefficient (Wildman–Crippen LogP) is 5.22. The van der Waals surface area contributed by atoms with Crippen molar-refractivity contribution in [3.05, 3.63) is 90.1 Å². The van der Waals surface area contributed by atoms with Gasteiger partial charge >= 0.3 is 0 Å². The van der Waals surface area contributed by atoms with Gasteiger partial charge in [0.2, 0.25) is 5.16 Å². The van der Waals surface area contributed by atoms with Gasteiger partial charge in [0.25, 0.3) is 5.91 Å². The highest BCUT2D eigenvalue weighted by Gasteiger charge is 2.35. The van der Waals surface area contributed by atoms with Crippen molar-refractivity contribution in [3.8, 4) is 11.4 Å². The molecule has 2 aromatic carbocycles. The van der Waals surface area contributed by atoms with E-state index < -0.39 is 0 Å². The molecule has 1 fully saturated rings. The van der Waals surface area contributed by atoms with E-state index in [4.69, 9.17) is 24.3 Å². The van der Waals surface area contributed by atoms with E-state index >= 15 is 0 Å². The van der Waals surface area contributed by atoms with Crippen LogP contribution in [-0.2, 0) is 4.79 Å². The first-order valence-corrected chi connectivity index (χ1v) is 12.9. The van der Waals surface area contributed by atoms with Crippen molar-refractivity contribution < 1.29 is 13.9 Å². The van der Waals surface area contributed by atoms with E-state index in [1.807, 2.05) is 71.4 Å². The molecule has 36 heavy (non-hydrogen) atoms. The molecule has 2 aromatic heterocycles. The second-order valence-corrected chi connectivity index (χ2v) is 9.75. The summed E-state index contributed by atoms with van der Waals surface area (Å²) in [5.74, 6) is 2.95. The fourth-order valence-corrected chi connectivity index (χ4v) is 5.01. The van der Waals surface area contributed by atoms with Crippen LogP contribution in [0.5, 0.6) is 5.75 Å². The van der Waals surface area contributed by atoms with E-state index in [1.165, 1.54) is 11.8 Å². The summed E-state index contributed by atoms with van der Waals surface area (Å²) in [6.45, 7) is 0. The number of methoxy groups -OCH3 is 1. The number of furan rings is 1. The molecule has 1 aliphatic heterocycles. The minimum absolute atomic E-state index is 0.117. The van der Waals surface area contributed by atoms with Gasteiger partial charge in [-0.15, -0.1) is 5.10 Å². The second kappa shape index (κ2) is 9.66. The number of benzene rings is 2. The molecule has 1 aliphatic carbocycles. The number of thioether (sulfide) groups is 1. The number of carbonyl (C=O) groups excluding carboxylic acids is 1. The Morgan fingerprint density at radius 3 is 2.58 bits per heavy atom. The number of carbonyl (C=O) groups is 1. The van der Waals surface area contributed by atoms with Gasteiger partial charge in [-0.2, -0.15) is 5.10 Å². The molecule has 1 amide bonds. The number of amides is 1. The second-order valence-electron chi connectivity index (χ2n) is 8.81. The van der Waals surface area contributed by atoms with Gasteiger partial charge in [-0.25, -0.2) is 14.7 Å². The highest BCUT2D eigenvalue weighted by molar-refractivity contribution is 7.99. The largest absolute Gasteiger partial charge is 0.497 e. The van der Waals surface area contributed by atoms with Crippen molar-refractivity contribution in [2.24, 2.45) is 5.10 Å². The molecule has 1 saturated carbocycles. The first-order valence-electron chi connectivity index (χ1n) is 11.9. The number of hydrogen-bond acceptors (Lipinski definition) is 7. The zero-order chi connectivity index (χ0) is 24.5. The lowest BCUT2D eigenvalue weighted by Gasteiger charge is -2.19. The van der Waals surface area contributed by atoms with Crippen molar-refractivity contribution in [1.29, 1.82) is 0 Å². The number of hydrazone groups is 1. The summed E-state index contributed by atoms with van der Waals surface area (Å²) in [6, 6.07) is 21.1.